The Morgan fingerprint density at radius 3 is 2.95 bits per heavy atom. The fraction of sp³-hybridized carbons (Fsp3) is 0.464. The van der Waals surface area contributed by atoms with Gasteiger partial charge in [-0.25, -0.2) is 4.98 Å². The highest BCUT2D eigenvalue weighted by molar-refractivity contribution is 7.14. The number of nitrogens with one attached hydrogen (secondary N) is 1. The molecule has 2 fully saturated rings. The molecule has 1 unspecified atom stereocenters. The first kappa shape index (κ1) is 24.0. The molecule has 1 N–H and O–H groups in total. The molecule has 9 nitrogen and oxygen atoms in total. The van der Waals surface area contributed by atoms with Crippen LogP contribution >= 0.6 is 11.5 Å². The van der Waals surface area contributed by atoms with Gasteiger partial charge in [-0.2, -0.15) is 0 Å². The first-order valence-corrected chi connectivity index (χ1v) is 14.2. The average molecular weight is 534 g/mol. The summed E-state index contributed by atoms with van der Waals surface area (Å²) < 4.78 is 14.8. The molecule has 0 saturated carbocycles. The van der Waals surface area contributed by atoms with Crippen molar-refractivity contribution in [2.45, 2.75) is 44.6 Å². The summed E-state index contributed by atoms with van der Waals surface area (Å²) in [5.41, 5.74) is 3.13. The van der Waals surface area contributed by atoms with Crippen LogP contribution < -0.4 is 15.9 Å². The molecule has 10 heteroatoms. The predicted molar refractivity (Wildman–Crippen MR) is 148 cm³/mol. The first-order chi connectivity index (χ1) is 18.6. The van der Waals surface area contributed by atoms with Crippen molar-refractivity contribution in [1.82, 2.24) is 23.7 Å². The number of fused-ring (bicyclic) bond motifs is 5. The van der Waals surface area contributed by atoms with E-state index in [4.69, 9.17) is 14.5 Å². The van der Waals surface area contributed by atoms with E-state index in [1.165, 1.54) is 11.5 Å². The van der Waals surface area contributed by atoms with E-state index in [-0.39, 0.29) is 23.3 Å². The van der Waals surface area contributed by atoms with Gasteiger partial charge in [0.1, 0.15) is 23.1 Å². The lowest BCUT2D eigenvalue weighted by Crippen LogP contribution is -2.38. The van der Waals surface area contributed by atoms with E-state index in [2.05, 4.69) is 20.9 Å². The smallest absolute Gasteiger partial charge is 0.275 e. The van der Waals surface area contributed by atoms with E-state index < -0.39 is 0 Å². The van der Waals surface area contributed by atoms with E-state index in [9.17, 15) is 9.59 Å². The summed E-state index contributed by atoms with van der Waals surface area (Å²) in [6.07, 6.45) is 3.38. The molecule has 0 aliphatic carbocycles. The fourth-order valence-corrected chi connectivity index (χ4v) is 7.21. The molecule has 2 aromatic carbocycles. The second-order valence-electron chi connectivity index (χ2n) is 10.6. The maximum Gasteiger partial charge on any atom is 0.275 e. The minimum Gasteiger partial charge on any atom is -0.487 e. The lowest BCUT2D eigenvalue weighted by molar-refractivity contribution is 0.0285. The van der Waals surface area contributed by atoms with Crippen LogP contribution in [0.1, 0.15) is 24.8 Å². The zero-order chi connectivity index (χ0) is 25.8. The number of aromatic nitrogens is 3. The van der Waals surface area contributed by atoms with Gasteiger partial charge in [-0.3, -0.25) is 23.3 Å². The van der Waals surface area contributed by atoms with Crippen molar-refractivity contribution in [3.05, 3.63) is 56.6 Å². The molecule has 4 aromatic rings. The third-order valence-electron chi connectivity index (χ3n) is 8.09. The van der Waals surface area contributed by atoms with Crippen LogP contribution in [0.25, 0.3) is 32.4 Å². The number of hydrogen-bond acceptors (Lipinski definition) is 8. The second-order valence-corrected chi connectivity index (χ2v) is 11.7. The van der Waals surface area contributed by atoms with Gasteiger partial charge in [-0.05, 0) is 49.6 Å². The van der Waals surface area contributed by atoms with Crippen LogP contribution in [0, 0.1) is 0 Å². The van der Waals surface area contributed by atoms with Crippen LogP contribution in [-0.4, -0.2) is 75.8 Å². The van der Waals surface area contributed by atoms with E-state index in [0.29, 0.717) is 40.0 Å². The highest BCUT2D eigenvalue weighted by Gasteiger charge is 2.27. The quantitative estimate of drug-likeness (QED) is 0.433. The van der Waals surface area contributed by atoms with Gasteiger partial charge in [0.2, 0.25) is 0 Å². The standard InChI is InChI=1S/C28H31N5O4S/c1-36-18-4-3-8-32(15-18)14-17-12-22-25-23(13-17)37-19-7-9-31(16-19)10-11-33-28(35)21-6-2-5-20(26(21)38-33)24(30-25)27(34)29-22/h2,5-6,12-13,18-19H,3-4,7-11,14-16H2,1H3,(H,29,34)/t18-,19-/m0/s1. The second kappa shape index (κ2) is 9.60. The van der Waals surface area contributed by atoms with Gasteiger partial charge >= 0.3 is 0 Å². The minimum atomic E-state index is -0.267. The van der Waals surface area contributed by atoms with Gasteiger partial charge in [0.05, 0.1) is 21.7 Å². The first-order valence-electron chi connectivity index (χ1n) is 13.4. The Kier molecular flexibility index (Phi) is 6.07. The van der Waals surface area contributed by atoms with Crippen LogP contribution in [-0.2, 0) is 17.8 Å². The van der Waals surface area contributed by atoms with Crippen LogP contribution in [0.3, 0.4) is 0 Å². The molecule has 2 saturated heterocycles. The average Bonchev–Trinajstić information content (AvgIpc) is 3.50. The minimum absolute atomic E-state index is 0.00954. The van der Waals surface area contributed by atoms with Gasteiger partial charge in [0.15, 0.2) is 0 Å². The van der Waals surface area contributed by atoms with Gasteiger partial charge in [0, 0.05) is 51.9 Å². The van der Waals surface area contributed by atoms with Gasteiger partial charge < -0.3 is 14.5 Å². The molecule has 7 rings (SSSR count). The molecule has 6 bridgehead atoms. The number of H-pyrrole nitrogens is 1. The molecule has 3 aliphatic rings. The summed E-state index contributed by atoms with van der Waals surface area (Å²) in [5.74, 6) is 0.706. The van der Waals surface area contributed by atoms with Gasteiger partial charge in [0.25, 0.3) is 11.1 Å². The van der Waals surface area contributed by atoms with Crippen molar-refractivity contribution in [1.29, 1.82) is 0 Å². The summed E-state index contributed by atoms with van der Waals surface area (Å²) in [4.78, 5) is 39.3. The van der Waals surface area contributed by atoms with Gasteiger partial charge in [-0.1, -0.05) is 23.7 Å². The monoisotopic (exact) mass is 533 g/mol. The van der Waals surface area contributed by atoms with Crippen LogP contribution in [0.4, 0.5) is 0 Å². The Morgan fingerprint density at radius 1 is 1.13 bits per heavy atom. The van der Waals surface area contributed by atoms with Gasteiger partial charge in [-0.15, -0.1) is 0 Å². The summed E-state index contributed by atoms with van der Waals surface area (Å²) in [6, 6.07) is 9.66. The number of piperidine rings is 1. The molecule has 0 radical (unpaired) electrons. The largest absolute Gasteiger partial charge is 0.487 e. The number of benzene rings is 2. The summed E-state index contributed by atoms with van der Waals surface area (Å²) in [7, 11) is 1.78. The van der Waals surface area contributed by atoms with E-state index in [0.717, 1.165) is 68.8 Å². The molecule has 3 atom stereocenters. The Labute approximate surface area is 223 Å². The maximum atomic E-state index is 13.4. The van der Waals surface area contributed by atoms with Crippen molar-refractivity contribution < 1.29 is 9.47 Å². The molecule has 3 aliphatic heterocycles. The third-order valence-corrected chi connectivity index (χ3v) is 9.29. The van der Waals surface area contributed by atoms with Crippen molar-refractivity contribution in [3.8, 4) is 17.0 Å². The highest BCUT2D eigenvalue weighted by atomic mass is 32.1. The zero-order valence-corrected chi connectivity index (χ0v) is 22.3. The Bertz CT molecular complexity index is 1640. The number of likely N-dealkylation sites (tertiary alicyclic amines) is 1. The number of aromatic amines is 1. The number of methoxy groups -OCH3 is 1. The number of hydrogen-bond donors (Lipinski definition) is 1. The van der Waals surface area contributed by atoms with Crippen molar-refractivity contribution >= 4 is 32.7 Å². The van der Waals surface area contributed by atoms with Crippen molar-refractivity contribution in [2.75, 3.05) is 39.8 Å². The molecule has 198 valence electrons. The van der Waals surface area contributed by atoms with Crippen LogP contribution in [0.2, 0.25) is 0 Å². The molecule has 0 amide bonds. The predicted octanol–water partition coefficient (Wildman–Crippen LogP) is 3.04. The molecular weight excluding hydrogens is 502 g/mol. The SMILES string of the molecule is CO[C@H]1CCCN(Cc2cc3c4nc(c(=O)[nH]c4c2)-c2cccc4c(=O)n(sc24)CCN2CC[C@@H](C2)O3)C1. The molecule has 2 aromatic heterocycles. The lowest BCUT2D eigenvalue weighted by atomic mass is 10.1. The summed E-state index contributed by atoms with van der Waals surface area (Å²) in [5, 5.41) is 0.630. The molecule has 0 spiro atoms. The number of ether oxygens (including phenoxy) is 2. The fourth-order valence-electron chi connectivity index (χ4n) is 6.12. The third kappa shape index (κ3) is 4.25. The Balaban J connectivity index is 1.38. The van der Waals surface area contributed by atoms with Crippen LogP contribution in [0.15, 0.2) is 39.9 Å². The van der Waals surface area contributed by atoms with Crippen molar-refractivity contribution in [2.24, 2.45) is 0 Å². The highest BCUT2D eigenvalue weighted by Crippen LogP contribution is 2.33. The lowest BCUT2D eigenvalue weighted by Gasteiger charge is -2.32. The summed E-state index contributed by atoms with van der Waals surface area (Å²) >= 11 is 1.42. The number of nitrogens with zero attached hydrogens (tertiary/aromatic N) is 4. The van der Waals surface area contributed by atoms with Crippen LogP contribution in [0.5, 0.6) is 5.75 Å². The topological polar surface area (TPSA) is 92.7 Å². The molecule has 5 heterocycles. The molecule has 38 heavy (non-hydrogen) atoms. The zero-order valence-electron chi connectivity index (χ0n) is 21.4. The Morgan fingerprint density at radius 2 is 2.05 bits per heavy atom. The Hall–Kier alpha value is -3.05. The van der Waals surface area contributed by atoms with E-state index >= 15 is 0 Å². The molecular formula is C28H31N5O4S. The summed E-state index contributed by atoms with van der Waals surface area (Å²) in [6.45, 7) is 5.80. The normalized spacial score (nSPS) is 23.8. The van der Waals surface area contributed by atoms with E-state index in [1.807, 2.05) is 24.3 Å². The van der Waals surface area contributed by atoms with Crippen molar-refractivity contribution in [3.63, 3.8) is 0 Å². The maximum absolute atomic E-state index is 13.4. The van der Waals surface area contributed by atoms with E-state index in [1.54, 1.807) is 11.1 Å². The number of rotatable bonds is 3.